The van der Waals surface area contributed by atoms with Crippen LogP contribution in [0, 0.1) is 29.5 Å². The molecule has 2 aromatic rings. The highest BCUT2D eigenvalue weighted by Crippen LogP contribution is 2.62. The molecule has 4 aliphatic carbocycles. The van der Waals surface area contributed by atoms with Crippen LogP contribution in [-0.2, 0) is 0 Å². The number of aromatic nitrogens is 2. The fourth-order valence-electron chi connectivity index (χ4n) is 6.16. The number of hydrogen-bond donors (Lipinski definition) is 1. The van der Waals surface area contributed by atoms with E-state index >= 15 is 0 Å². The first kappa shape index (κ1) is 14.6. The molecular formula is C20H23FN2O. The van der Waals surface area contributed by atoms with Gasteiger partial charge in [0.25, 0.3) is 0 Å². The molecule has 1 N–H and O–H groups in total. The second-order valence-corrected chi connectivity index (χ2v) is 8.16. The van der Waals surface area contributed by atoms with Crippen LogP contribution in [-0.4, -0.2) is 20.3 Å². The lowest BCUT2D eigenvalue weighted by atomic mass is 9.48. The number of benzene rings is 1. The van der Waals surface area contributed by atoms with E-state index in [1.54, 1.807) is 24.7 Å². The Morgan fingerprint density at radius 3 is 2.42 bits per heavy atom. The first-order valence-electron chi connectivity index (χ1n) is 9.10. The molecule has 1 atom stereocenters. The Hall–Kier alpha value is -1.68. The summed E-state index contributed by atoms with van der Waals surface area (Å²) < 4.78 is 15.9. The minimum absolute atomic E-state index is 0.245. The molecule has 3 nitrogen and oxygen atoms in total. The fourth-order valence-corrected chi connectivity index (χ4v) is 6.16. The van der Waals surface area contributed by atoms with Crippen LogP contribution in [0.4, 0.5) is 4.39 Å². The molecule has 1 heterocycles. The lowest BCUT2D eigenvalue weighted by Crippen LogP contribution is -2.61. The largest absolute Gasteiger partial charge is 0.387 e. The van der Waals surface area contributed by atoms with Gasteiger partial charge in [-0.15, -0.1) is 0 Å². The average Bonchev–Trinajstić information content (AvgIpc) is 3.06. The third kappa shape index (κ3) is 2.02. The van der Waals surface area contributed by atoms with Crippen LogP contribution in [0.3, 0.4) is 0 Å². The molecule has 0 aliphatic heterocycles. The van der Waals surface area contributed by atoms with E-state index in [2.05, 4.69) is 4.98 Å². The molecule has 0 saturated heterocycles. The number of halogens is 1. The van der Waals surface area contributed by atoms with Crippen molar-refractivity contribution in [2.45, 2.75) is 43.7 Å². The van der Waals surface area contributed by atoms with Gasteiger partial charge in [0, 0.05) is 12.4 Å². The molecule has 1 aromatic heterocycles. The van der Waals surface area contributed by atoms with Crippen LogP contribution in [0.15, 0.2) is 43.0 Å². The van der Waals surface area contributed by atoms with Gasteiger partial charge in [-0.3, -0.25) is 0 Å². The summed E-state index contributed by atoms with van der Waals surface area (Å²) in [6.07, 6.45) is 11.2. The molecule has 1 unspecified atom stereocenters. The summed E-state index contributed by atoms with van der Waals surface area (Å²) in [6, 6.07) is 6.47. The molecule has 1 aromatic carbocycles. The van der Waals surface area contributed by atoms with Crippen LogP contribution in [0.2, 0.25) is 0 Å². The van der Waals surface area contributed by atoms with Crippen molar-refractivity contribution in [1.29, 1.82) is 0 Å². The van der Waals surface area contributed by atoms with E-state index in [0.29, 0.717) is 11.8 Å². The van der Waals surface area contributed by atoms with Gasteiger partial charge in [-0.2, -0.15) is 0 Å². The zero-order valence-corrected chi connectivity index (χ0v) is 13.7. The maximum atomic E-state index is 13.9. The summed E-state index contributed by atoms with van der Waals surface area (Å²) in [4.78, 5) is 4.19. The Bertz CT molecular complexity index is 714. The summed E-state index contributed by atoms with van der Waals surface area (Å²) in [6.45, 7) is 0. The van der Waals surface area contributed by atoms with Crippen molar-refractivity contribution in [2.24, 2.45) is 23.7 Å². The van der Waals surface area contributed by atoms with Crippen LogP contribution in [0.25, 0.3) is 0 Å². The monoisotopic (exact) mass is 326 g/mol. The second kappa shape index (κ2) is 5.16. The maximum Gasteiger partial charge on any atom is 0.123 e. The van der Waals surface area contributed by atoms with Gasteiger partial charge >= 0.3 is 0 Å². The van der Waals surface area contributed by atoms with E-state index in [1.807, 2.05) is 16.8 Å². The van der Waals surface area contributed by atoms with Gasteiger partial charge in [-0.25, -0.2) is 9.37 Å². The average molecular weight is 326 g/mol. The highest BCUT2D eigenvalue weighted by molar-refractivity contribution is 5.27. The number of nitrogens with zero attached hydrogens (tertiary/aromatic N) is 2. The van der Waals surface area contributed by atoms with E-state index in [-0.39, 0.29) is 11.9 Å². The molecule has 4 fully saturated rings. The van der Waals surface area contributed by atoms with E-state index < -0.39 is 5.60 Å². The Morgan fingerprint density at radius 1 is 1.12 bits per heavy atom. The molecule has 4 heteroatoms. The van der Waals surface area contributed by atoms with E-state index in [9.17, 15) is 9.50 Å². The van der Waals surface area contributed by atoms with Gasteiger partial charge in [0.05, 0.1) is 18.0 Å². The molecule has 6 rings (SSSR count). The predicted octanol–water partition coefficient (Wildman–Crippen LogP) is 3.80. The standard InChI is InChI=1S/C20H23FN2O/c21-18-3-1-2-15(11-18)19(23-5-4-22-12-23)20(24)16-7-13-6-14(9-16)10-17(20)8-13/h1-5,11-14,16-17,19,24H,6-10H2. The summed E-state index contributed by atoms with van der Waals surface area (Å²) in [5, 5.41) is 12.0. The van der Waals surface area contributed by atoms with E-state index in [4.69, 9.17) is 0 Å². The topological polar surface area (TPSA) is 38.0 Å². The lowest BCUT2D eigenvalue weighted by Gasteiger charge is -2.61. The third-order valence-corrected chi connectivity index (χ3v) is 6.87. The molecule has 0 radical (unpaired) electrons. The van der Waals surface area contributed by atoms with Crippen molar-refractivity contribution in [3.05, 3.63) is 54.4 Å². The van der Waals surface area contributed by atoms with Crippen LogP contribution >= 0.6 is 0 Å². The van der Waals surface area contributed by atoms with Crippen LogP contribution < -0.4 is 0 Å². The maximum absolute atomic E-state index is 13.9. The molecule has 24 heavy (non-hydrogen) atoms. The minimum Gasteiger partial charge on any atom is -0.387 e. The van der Waals surface area contributed by atoms with E-state index in [0.717, 1.165) is 43.1 Å². The number of imidazole rings is 1. The lowest BCUT2D eigenvalue weighted by molar-refractivity contribution is -0.190. The molecule has 0 amide bonds. The third-order valence-electron chi connectivity index (χ3n) is 6.87. The van der Waals surface area contributed by atoms with Gasteiger partial charge < -0.3 is 9.67 Å². The van der Waals surface area contributed by atoms with Crippen molar-refractivity contribution in [1.82, 2.24) is 9.55 Å². The molecule has 4 aliphatic rings. The summed E-state index contributed by atoms with van der Waals surface area (Å²) in [5.74, 6) is 1.94. The Kier molecular flexibility index (Phi) is 3.15. The normalized spacial score (nSPS) is 38.4. The highest BCUT2D eigenvalue weighted by Gasteiger charge is 2.60. The zero-order chi connectivity index (χ0) is 16.3. The summed E-state index contributed by atoms with van der Waals surface area (Å²) >= 11 is 0. The summed E-state index contributed by atoms with van der Waals surface area (Å²) in [5.41, 5.74) is 0.0463. The summed E-state index contributed by atoms with van der Waals surface area (Å²) in [7, 11) is 0. The Morgan fingerprint density at radius 2 is 1.83 bits per heavy atom. The molecule has 4 bridgehead atoms. The van der Waals surface area contributed by atoms with Crippen molar-refractivity contribution >= 4 is 0 Å². The minimum atomic E-state index is -0.804. The SMILES string of the molecule is OC1(C(c2cccc(F)c2)n2ccnc2)C2CC3CC(C2)CC1C3. The van der Waals surface area contributed by atoms with Gasteiger partial charge in [0.2, 0.25) is 0 Å². The van der Waals surface area contributed by atoms with Crippen molar-refractivity contribution in [2.75, 3.05) is 0 Å². The molecule has 0 spiro atoms. The predicted molar refractivity (Wildman–Crippen MR) is 88.8 cm³/mol. The molecule has 4 saturated carbocycles. The fraction of sp³-hybridized carbons (Fsp3) is 0.550. The van der Waals surface area contributed by atoms with Crippen molar-refractivity contribution < 1.29 is 9.50 Å². The van der Waals surface area contributed by atoms with Gasteiger partial charge in [-0.05, 0) is 73.5 Å². The molecule has 126 valence electrons. The Labute approximate surface area is 141 Å². The quantitative estimate of drug-likeness (QED) is 0.932. The number of rotatable bonds is 3. The second-order valence-electron chi connectivity index (χ2n) is 8.16. The number of hydrogen-bond acceptors (Lipinski definition) is 2. The zero-order valence-electron chi connectivity index (χ0n) is 13.7. The van der Waals surface area contributed by atoms with Crippen LogP contribution in [0.5, 0.6) is 0 Å². The van der Waals surface area contributed by atoms with E-state index in [1.165, 1.54) is 12.5 Å². The highest BCUT2D eigenvalue weighted by atomic mass is 19.1. The van der Waals surface area contributed by atoms with Crippen molar-refractivity contribution in [3.8, 4) is 0 Å². The number of aliphatic hydroxyl groups is 1. The van der Waals surface area contributed by atoms with Crippen molar-refractivity contribution in [3.63, 3.8) is 0 Å². The smallest absolute Gasteiger partial charge is 0.123 e. The van der Waals surface area contributed by atoms with Gasteiger partial charge in [-0.1, -0.05) is 12.1 Å². The first-order chi connectivity index (χ1) is 11.6. The van der Waals surface area contributed by atoms with Gasteiger partial charge in [0.1, 0.15) is 5.82 Å². The molecular weight excluding hydrogens is 303 g/mol. The Balaban J connectivity index is 1.64. The first-order valence-corrected chi connectivity index (χ1v) is 9.10. The van der Waals surface area contributed by atoms with Crippen LogP contribution in [0.1, 0.15) is 43.7 Å². The van der Waals surface area contributed by atoms with Gasteiger partial charge in [0.15, 0.2) is 0 Å².